The number of aliphatic hydroxyl groups is 4. The predicted octanol–water partition coefficient (Wildman–Crippen LogP) is 0.571. The fraction of sp³-hybridized carbons (Fsp3) is 0.677. The first-order valence-corrected chi connectivity index (χ1v) is 14.5. The van der Waals surface area contributed by atoms with E-state index in [0.29, 0.717) is 12.7 Å². The molecule has 0 aromatic rings. The maximum Gasteiger partial charge on any atom is 0.331 e. The summed E-state index contributed by atoms with van der Waals surface area (Å²) in [6, 6.07) is 0. The second kappa shape index (κ2) is 9.65. The van der Waals surface area contributed by atoms with E-state index in [4.69, 9.17) is 14.2 Å². The summed E-state index contributed by atoms with van der Waals surface area (Å²) in [7, 11) is 0. The molecule has 1 saturated heterocycles. The molecule has 3 saturated carbocycles. The van der Waals surface area contributed by atoms with Crippen molar-refractivity contribution < 1.29 is 53.8 Å². The molecule has 42 heavy (non-hydrogen) atoms. The van der Waals surface area contributed by atoms with Crippen molar-refractivity contribution in [1.82, 2.24) is 0 Å². The Hall–Kier alpha value is -2.70. The number of Topliss-reactive ketones (excluding diaryl/α,β-unsaturated/α-hetero) is 1. The maximum absolute atomic E-state index is 13.4. The third kappa shape index (κ3) is 3.57. The van der Waals surface area contributed by atoms with Crippen LogP contribution < -0.4 is 0 Å². The van der Waals surface area contributed by atoms with E-state index in [2.05, 4.69) is 0 Å². The minimum atomic E-state index is -2.53. The highest BCUT2D eigenvalue weighted by Gasteiger charge is 2.93. The molecule has 0 bridgehead atoms. The standard InChI is InChI=1S/C31H40O11/c1-7-15(2)25(36)42-31-21(27(31,5)6)20-24-28(14-33,41-24)26(37)30(39)18(13-16(3)22(30)35)29(20,38)17(4)23(31)40-19(34)11-9-8-10-12-32/h8-13,15,17-18,20-21,23-24,26,33,37-39H,7,14H2,1-6H3/b10-8+,11-9+. The van der Waals surface area contributed by atoms with Gasteiger partial charge in [0.05, 0.1) is 24.2 Å². The van der Waals surface area contributed by atoms with E-state index in [1.807, 2.05) is 20.8 Å². The molecule has 5 aliphatic rings. The normalized spacial score (nSPS) is 47.0. The Morgan fingerprint density at radius 2 is 1.86 bits per heavy atom. The van der Waals surface area contributed by atoms with Gasteiger partial charge in [0.15, 0.2) is 17.0 Å². The number of fused-ring (bicyclic) bond motifs is 7. The highest BCUT2D eigenvalue weighted by molar-refractivity contribution is 6.05. The van der Waals surface area contributed by atoms with Crippen molar-refractivity contribution in [2.75, 3.05) is 6.61 Å². The molecule has 12 atom stereocenters. The van der Waals surface area contributed by atoms with Crippen molar-refractivity contribution in [3.8, 4) is 0 Å². The number of aliphatic hydroxyl groups excluding tert-OH is 2. The Morgan fingerprint density at radius 1 is 1.19 bits per heavy atom. The van der Waals surface area contributed by atoms with Crippen molar-refractivity contribution in [2.24, 2.45) is 35.0 Å². The van der Waals surface area contributed by atoms with E-state index in [0.717, 1.165) is 6.08 Å². The SMILES string of the molecule is CCC(C)C(=O)OC12C(OC(=O)/C=C/C=C/C=O)C(C)C3(O)C(C4OC4(CO)C(O)C4(O)C(=O)C(C)=CC43)C1C2(C)C. The largest absolute Gasteiger partial charge is 0.455 e. The Bertz CT molecular complexity index is 1300. The van der Waals surface area contributed by atoms with E-state index in [9.17, 15) is 39.6 Å². The summed E-state index contributed by atoms with van der Waals surface area (Å²) in [4.78, 5) is 50.5. The third-order valence-corrected chi connectivity index (χ3v) is 11.1. The van der Waals surface area contributed by atoms with Gasteiger partial charge >= 0.3 is 11.9 Å². The van der Waals surface area contributed by atoms with Crippen LogP contribution in [0.3, 0.4) is 0 Å². The summed E-state index contributed by atoms with van der Waals surface area (Å²) in [5.74, 6) is -6.68. The number of rotatable bonds is 8. The van der Waals surface area contributed by atoms with Crippen LogP contribution in [-0.2, 0) is 33.4 Å². The summed E-state index contributed by atoms with van der Waals surface area (Å²) >= 11 is 0. The van der Waals surface area contributed by atoms with Gasteiger partial charge < -0.3 is 34.6 Å². The molecule has 4 fully saturated rings. The summed E-state index contributed by atoms with van der Waals surface area (Å²) < 4.78 is 18.2. The van der Waals surface area contributed by atoms with Gasteiger partial charge in [0.1, 0.15) is 24.1 Å². The Balaban J connectivity index is 1.69. The van der Waals surface area contributed by atoms with E-state index in [-0.39, 0.29) is 5.57 Å². The van der Waals surface area contributed by atoms with Gasteiger partial charge in [-0.15, -0.1) is 0 Å². The fourth-order valence-electron chi connectivity index (χ4n) is 8.51. The van der Waals surface area contributed by atoms with Crippen molar-refractivity contribution in [3.05, 3.63) is 36.0 Å². The van der Waals surface area contributed by atoms with E-state index in [1.54, 1.807) is 13.8 Å². The van der Waals surface area contributed by atoms with Gasteiger partial charge in [0.2, 0.25) is 0 Å². The predicted molar refractivity (Wildman–Crippen MR) is 145 cm³/mol. The number of ether oxygens (including phenoxy) is 3. The number of carbonyl (C=O) groups is 4. The molecular weight excluding hydrogens is 548 g/mol. The number of allylic oxidation sites excluding steroid dienone is 3. The molecule has 0 radical (unpaired) electrons. The average Bonchev–Trinajstić information content (AvgIpc) is 3.78. The van der Waals surface area contributed by atoms with Gasteiger partial charge in [-0.25, -0.2) is 4.79 Å². The van der Waals surface area contributed by atoms with Gasteiger partial charge in [-0.05, 0) is 25.0 Å². The Morgan fingerprint density at radius 3 is 2.45 bits per heavy atom. The van der Waals surface area contributed by atoms with Gasteiger partial charge in [0, 0.05) is 35.2 Å². The summed E-state index contributed by atoms with van der Waals surface area (Å²) in [5.41, 5.74) is -8.50. The molecule has 1 heterocycles. The Labute approximate surface area is 244 Å². The van der Waals surface area contributed by atoms with Gasteiger partial charge in [-0.3, -0.25) is 14.4 Å². The van der Waals surface area contributed by atoms with E-state index >= 15 is 0 Å². The van der Waals surface area contributed by atoms with Crippen LogP contribution in [-0.4, -0.2) is 91.8 Å². The number of hydrogen-bond donors (Lipinski definition) is 4. The highest BCUT2D eigenvalue weighted by atomic mass is 16.6. The molecule has 0 aromatic heterocycles. The monoisotopic (exact) mass is 588 g/mol. The lowest BCUT2D eigenvalue weighted by Crippen LogP contribution is -2.69. The van der Waals surface area contributed by atoms with Crippen LogP contribution in [0.5, 0.6) is 0 Å². The van der Waals surface area contributed by atoms with E-state index in [1.165, 1.54) is 31.2 Å². The molecule has 4 N–H and O–H groups in total. The van der Waals surface area contributed by atoms with Crippen LogP contribution in [0.15, 0.2) is 36.0 Å². The second-order valence-electron chi connectivity index (χ2n) is 13.2. The number of ketones is 1. The van der Waals surface area contributed by atoms with Crippen molar-refractivity contribution in [1.29, 1.82) is 0 Å². The molecule has 11 heteroatoms. The molecule has 230 valence electrons. The van der Waals surface area contributed by atoms with E-state index < -0.39 is 100 Å². The maximum atomic E-state index is 13.4. The van der Waals surface area contributed by atoms with Crippen LogP contribution in [0.2, 0.25) is 0 Å². The van der Waals surface area contributed by atoms with Gasteiger partial charge in [0.25, 0.3) is 0 Å². The first kappa shape index (κ1) is 30.7. The lowest BCUT2D eigenvalue weighted by molar-refractivity contribution is -0.244. The van der Waals surface area contributed by atoms with Crippen molar-refractivity contribution in [3.63, 3.8) is 0 Å². The molecule has 1 aliphatic heterocycles. The number of hydrogen-bond acceptors (Lipinski definition) is 11. The summed E-state index contributed by atoms with van der Waals surface area (Å²) in [6.07, 6.45) is 3.27. The molecule has 0 spiro atoms. The topological polar surface area (TPSA) is 180 Å². The quantitative estimate of drug-likeness (QED) is 0.102. The fourth-order valence-corrected chi connectivity index (χ4v) is 8.51. The first-order chi connectivity index (χ1) is 19.6. The van der Waals surface area contributed by atoms with Gasteiger partial charge in [-0.1, -0.05) is 52.8 Å². The molecule has 4 aliphatic carbocycles. The lowest BCUT2D eigenvalue weighted by Gasteiger charge is -2.53. The van der Waals surface area contributed by atoms with Crippen LogP contribution in [0.1, 0.15) is 48.0 Å². The lowest BCUT2D eigenvalue weighted by atomic mass is 9.58. The molecular formula is C31H40O11. The molecule has 0 aromatic carbocycles. The minimum Gasteiger partial charge on any atom is -0.455 e. The number of epoxide rings is 1. The van der Waals surface area contributed by atoms with Gasteiger partial charge in [-0.2, -0.15) is 0 Å². The first-order valence-electron chi connectivity index (χ1n) is 14.5. The molecule has 11 nitrogen and oxygen atoms in total. The van der Waals surface area contributed by atoms with Crippen molar-refractivity contribution >= 4 is 24.0 Å². The van der Waals surface area contributed by atoms with Crippen LogP contribution in [0, 0.1) is 35.0 Å². The average molecular weight is 589 g/mol. The molecule has 12 unspecified atom stereocenters. The number of esters is 2. The third-order valence-electron chi connectivity index (χ3n) is 11.1. The van der Waals surface area contributed by atoms with Crippen LogP contribution in [0.25, 0.3) is 0 Å². The Kier molecular flexibility index (Phi) is 7.07. The molecule has 5 rings (SSSR count). The van der Waals surface area contributed by atoms with Crippen LogP contribution in [0.4, 0.5) is 0 Å². The summed E-state index contributed by atoms with van der Waals surface area (Å²) in [6.45, 7) is 9.53. The summed E-state index contributed by atoms with van der Waals surface area (Å²) in [5, 5.41) is 46.8. The molecule has 0 amide bonds. The number of aldehydes is 1. The second-order valence-corrected chi connectivity index (χ2v) is 13.2. The minimum absolute atomic E-state index is 0.127. The highest BCUT2D eigenvalue weighted by Crippen LogP contribution is 2.80. The zero-order chi connectivity index (χ0) is 31.2. The zero-order valence-corrected chi connectivity index (χ0v) is 24.6. The zero-order valence-electron chi connectivity index (χ0n) is 24.6. The van der Waals surface area contributed by atoms with Crippen molar-refractivity contribution in [2.45, 2.75) is 88.7 Å². The number of carbonyl (C=O) groups excluding carboxylic acids is 4. The smallest absolute Gasteiger partial charge is 0.331 e. The van der Waals surface area contributed by atoms with Crippen LogP contribution >= 0.6 is 0 Å².